The number of allylic oxidation sites excluding steroid dienone is 1. The van der Waals surface area contributed by atoms with Gasteiger partial charge < -0.3 is 9.88 Å². The van der Waals surface area contributed by atoms with Crippen molar-refractivity contribution >= 4 is 23.4 Å². The Hall–Kier alpha value is -2.08. The maximum atomic E-state index is 12.2. The average Bonchev–Trinajstić information content (AvgIpc) is 3.31. The number of aryl methyl sites for hydroxylation is 2. The lowest BCUT2D eigenvalue weighted by atomic mass is 10.1. The molecule has 1 aliphatic carbocycles. The van der Waals surface area contributed by atoms with E-state index >= 15 is 0 Å². The Labute approximate surface area is 146 Å². The summed E-state index contributed by atoms with van der Waals surface area (Å²) in [6, 6.07) is 6.00. The third-order valence-corrected chi connectivity index (χ3v) is 4.95. The molecule has 1 heterocycles. The third kappa shape index (κ3) is 3.87. The molecule has 5 nitrogen and oxygen atoms in total. The highest BCUT2D eigenvalue weighted by Gasteiger charge is 2.30. The van der Waals surface area contributed by atoms with Crippen LogP contribution in [0.15, 0.2) is 36.0 Å². The van der Waals surface area contributed by atoms with Gasteiger partial charge in [-0.15, -0.1) is 16.8 Å². The fourth-order valence-electron chi connectivity index (χ4n) is 2.62. The molecule has 0 atom stereocenters. The van der Waals surface area contributed by atoms with E-state index in [0.717, 1.165) is 22.2 Å². The lowest BCUT2D eigenvalue weighted by Crippen LogP contribution is -2.15. The van der Waals surface area contributed by atoms with E-state index < -0.39 is 0 Å². The van der Waals surface area contributed by atoms with Gasteiger partial charge in [-0.25, -0.2) is 0 Å². The van der Waals surface area contributed by atoms with Gasteiger partial charge in [-0.1, -0.05) is 35.5 Å². The number of aromatic nitrogens is 3. The third-order valence-electron chi connectivity index (χ3n) is 3.99. The summed E-state index contributed by atoms with van der Waals surface area (Å²) < 4.78 is 2.07. The normalized spacial score (nSPS) is 13.8. The second-order valence-electron chi connectivity index (χ2n) is 6.17. The highest BCUT2D eigenvalue weighted by molar-refractivity contribution is 7.99. The van der Waals surface area contributed by atoms with Crippen molar-refractivity contribution in [1.29, 1.82) is 0 Å². The van der Waals surface area contributed by atoms with Gasteiger partial charge >= 0.3 is 0 Å². The molecule has 3 rings (SSSR count). The molecule has 0 radical (unpaired) electrons. The van der Waals surface area contributed by atoms with E-state index in [1.807, 2.05) is 32.1 Å². The number of amides is 1. The summed E-state index contributed by atoms with van der Waals surface area (Å²) in [6.45, 7) is 8.52. The van der Waals surface area contributed by atoms with Crippen LogP contribution in [0.3, 0.4) is 0 Å². The Morgan fingerprint density at radius 3 is 2.88 bits per heavy atom. The molecule has 126 valence electrons. The average molecular weight is 342 g/mol. The van der Waals surface area contributed by atoms with Gasteiger partial charge in [0, 0.05) is 18.2 Å². The maximum Gasteiger partial charge on any atom is 0.234 e. The number of rotatable bonds is 7. The Morgan fingerprint density at radius 2 is 2.21 bits per heavy atom. The zero-order valence-corrected chi connectivity index (χ0v) is 14.9. The number of nitrogens with one attached hydrogen (secondary N) is 1. The number of carbonyl (C=O) groups is 1. The van der Waals surface area contributed by atoms with Gasteiger partial charge in [0.1, 0.15) is 5.82 Å². The van der Waals surface area contributed by atoms with Crippen LogP contribution in [0.2, 0.25) is 0 Å². The first-order valence-electron chi connectivity index (χ1n) is 8.12. The first-order valence-corrected chi connectivity index (χ1v) is 9.11. The predicted molar refractivity (Wildman–Crippen MR) is 97.5 cm³/mol. The second-order valence-corrected chi connectivity index (χ2v) is 7.11. The van der Waals surface area contributed by atoms with E-state index in [1.54, 1.807) is 0 Å². The van der Waals surface area contributed by atoms with Crippen molar-refractivity contribution in [3.05, 3.63) is 47.8 Å². The molecule has 1 amide bonds. The smallest absolute Gasteiger partial charge is 0.234 e. The zero-order valence-electron chi connectivity index (χ0n) is 14.1. The van der Waals surface area contributed by atoms with Gasteiger partial charge in [-0.05, 0) is 38.3 Å². The molecule has 0 aliphatic heterocycles. The molecule has 1 N–H and O–H groups in total. The van der Waals surface area contributed by atoms with Crippen LogP contribution in [-0.2, 0) is 11.3 Å². The highest BCUT2D eigenvalue weighted by atomic mass is 32.2. The summed E-state index contributed by atoms with van der Waals surface area (Å²) >= 11 is 1.42. The van der Waals surface area contributed by atoms with Crippen molar-refractivity contribution in [3.8, 4) is 0 Å². The zero-order chi connectivity index (χ0) is 17.1. The van der Waals surface area contributed by atoms with Gasteiger partial charge in [0.05, 0.1) is 5.75 Å². The van der Waals surface area contributed by atoms with Crippen LogP contribution in [0.1, 0.15) is 35.7 Å². The second kappa shape index (κ2) is 7.21. The Bertz CT molecular complexity index is 764. The Balaban J connectivity index is 1.62. The standard InChI is InChI=1S/C18H22N4OS/c1-4-9-22-17(14-6-7-14)20-21-18(22)24-11-16(23)19-15-8-5-12(2)10-13(15)3/h4-5,8,10,14H,1,6-7,9,11H2,2-3H3,(H,19,23). The number of hydrogen-bond donors (Lipinski definition) is 1. The molecule has 0 saturated heterocycles. The number of nitrogens with zero attached hydrogens (tertiary/aromatic N) is 3. The van der Waals surface area contributed by atoms with Crippen molar-refractivity contribution in [2.45, 2.75) is 44.3 Å². The van der Waals surface area contributed by atoms with Crippen LogP contribution in [0.25, 0.3) is 0 Å². The molecular weight excluding hydrogens is 320 g/mol. The van der Waals surface area contributed by atoms with Gasteiger partial charge in [-0.2, -0.15) is 0 Å². The molecule has 1 saturated carbocycles. The number of benzene rings is 1. The Kier molecular flexibility index (Phi) is 5.04. The fraction of sp³-hybridized carbons (Fsp3) is 0.389. The summed E-state index contributed by atoms with van der Waals surface area (Å²) in [4.78, 5) is 12.2. The minimum atomic E-state index is -0.0342. The number of carbonyl (C=O) groups excluding carboxylic acids is 1. The first kappa shape index (κ1) is 16.8. The van der Waals surface area contributed by atoms with Crippen LogP contribution < -0.4 is 5.32 Å². The van der Waals surface area contributed by atoms with Gasteiger partial charge in [0.15, 0.2) is 5.16 Å². The van der Waals surface area contributed by atoms with E-state index in [0.29, 0.717) is 18.2 Å². The number of thioether (sulfide) groups is 1. The molecule has 0 unspecified atom stereocenters. The lowest BCUT2D eigenvalue weighted by molar-refractivity contribution is -0.113. The molecule has 1 aromatic carbocycles. The van der Waals surface area contributed by atoms with Crippen molar-refractivity contribution in [3.63, 3.8) is 0 Å². The molecular formula is C18H22N4OS. The van der Waals surface area contributed by atoms with Gasteiger partial charge in [-0.3, -0.25) is 4.79 Å². The van der Waals surface area contributed by atoms with Crippen LogP contribution in [0.4, 0.5) is 5.69 Å². The minimum Gasteiger partial charge on any atom is -0.325 e. The Morgan fingerprint density at radius 1 is 1.42 bits per heavy atom. The monoisotopic (exact) mass is 342 g/mol. The lowest BCUT2D eigenvalue weighted by Gasteiger charge is -2.09. The molecule has 1 aliphatic rings. The SMILES string of the molecule is C=CCn1c(SCC(=O)Nc2ccc(C)cc2C)nnc1C1CC1. The fourth-order valence-corrected chi connectivity index (χ4v) is 3.38. The minimum absolute atomic E-state index is 0.0342. The van der Waals surface area contributed by atoms with Gasteiger partial charge in [0.2, 0.25) is 5.91 Å². The topological polar surface area (TPSA) is 59.8 Å². The summed E-state index contributed by atoms with van der Waals surface area (Å²) in [5, 5.41) is 12.3. The largest absolute Gasteiger partial charge is 0.325 e. The molecule has 0 bridgehead atoms. The number of hydrogen-bond acceptors (Lipinski definition) is 4. The summed E-state index contributed by atoms with van der Waals surface area (Å²) in [6.07, 6.45) is 4.19. The van der Waals surface area contributed by atoms with Crippen LogP contribution >= 0.6 is 11.8 Å². The van der Waals surface area contributed by atoms with Crippen molar-refractivity contribution in [2.24, 2.45) is 0 Å². The molecule has 1 fully saturated rings. The van der Waals surface area contributed by atoms with Crippen LogP contribution in [0.5, 0.6) is 0 Å². The molecule has 24 heavy (non-hydrogen) atoms. The predicted octanol–water partition coefficient (Wildman–Crippen LogP) is 3.69. The summed E-state index contributed by atoms with van der Waals surface area (Å²) in [7, 11) is 0. The van der Waals surface area contributed by atoms with Gasteiger partial charge in [0.25, 0.3) is 0 Å². The van der Waals surface area contributed by atoms with E-state index in [4.69, 9.17) is 0 Å². The van der Waals surface area contributed by atoms with E-state index in [2.05, 4.69) is 32.7 Å². The van der Waals surface area contributed by atoms with E-state index in [-0.39, 0.29) is 5.91 Å². The first-order chi connectivity index (χ1) is 11.6. The van der Waals surface area contributed by atoms with Crippen molar-refractivity contribution in [2.75, 3.05) is 11.1 Å². The number of anilines is 1. The van der Waals surface area contributed by atoms with Crippen LogP contribution in [0, 0.1) is 13.8 Å². The maximum absolute atomic E-state index is 12.2. The quantitative estimate of drug-likeness (QED) is 0.616. The molecule has 2 aromatic rings. The molecule has 0 spiro atoms. The van der Waals surface area contributed by atoms with E-state index in [1.165, 1.54) is 30.2 Å². The summed E-state index contributed by atoms with van der Waals surface area (Å²) in [5.41, 5.74) is 3.11. The molecule has 1 aromatic heterocycles. The van der Waals surface area contributed by atoms with Crippen molar-refractivity contribution < 1.29 is 4.79 Å². The summed E-state index contributed by atoms with van der Waals surface area (Å²) in [5.74, 6) is 1.82. The van der Waals surface area contributed by atoms with Crippen molar-refractivity contribution in [1.82, 2.24) is 14.8 Å². The molecule has 6 heteroatoms. The highest BCUT2D eigenvalue weighted by Crippen LogP contribution is 2.40. The van der Waals surface area contributed by atoms with E-state index in [9.17, 15) is 4.79 Å². The van der Waals surface area contributed by atoms with Crippen LogP contribution in [-0.4, -0.2) is 26.4 Å².